The second-order valence-electron chi connectivity index (χ2n) is 7.78. The molecule has 0 fully saturated rings. The SMILES string of the molecule is CCOCCNC(=O)c1c(C)cc(Nc2nccn3c(-c4ccc(OC)c(F)c4F)cnc23)cc1F. The van der Waals surface area contributed by atoms with Gasteiger partial charge in [0.15, 0.2) is 23.0 Å². The predicted octanol–water partition coefficient (Wildman–Crippen LogP) is 4.64. The van der Waals surface area contributed by atoms with Gasteiger partial charge in [0.2, 0.25) is 5.82 Å². The minimum absolute atomic E-state index is 0.0143. The molecule has 2 aromatic heterocycles. The largest absolute Gasteiger partial charge is 0.494 e. The summed E-state index contributed by atoms with van der Waals surface area (Å²) in [6.07, 6.45) is 4.38. The van der Waals surface area contributed by atoms with E-state index in [-0.39, 0.29) is 34.9 Å². The fraction of sp³-hybridized carbons (Fsp3) is 0.240. The van der Waals surface area contributed by atoms with Crippen molar-refractivity contribution in [1.29, 1.82) is 0 Å². The van der Waals surface area contributed by atoms with E-state index in [0.29, 0.717) is 30.1 Å². The zero-order valence-electron chi connectivity index (χ0n) is 19.9. The van der Waals surface area contributed by atoms with Crippen LogP contribution in [0.4, 0.5) is 24.7 Å². The number of methoxy groups -OCH3 is 1. The van der Waals surface area contributed by atoms with E-state index in [0.717, 1.165) is 0 Å². The van der Waals surface area contributed by atoms with Crippen LogP contribution in [0.15, 0.2) is 42.9 Å². The summed E-state index contributed by atoms with van der Waals surface area (Å²) in [5, 5.41) is 5.62. The molecule has 0 saturated carbocycles. The maximum Gasteiger partial charge on any atom is 0.254 e. The van der Waals surface area contributed by atoms with Gasteiger partial charge < -0.3 is 20.1 Å². The summed E-state index contributed by atoms with van der Waals surface area (Å²) < 4.78 is 55.3. The maximum atomic E-state index is 14.9. The van der Waals surface area contributed by atoms with Gasteiger partial charge in [0, 0.05) is 36.8 Å². The van der Waals surface area contributed by atoms with Crippen LogP contribution in [-0.2, 0) is 4.74 Å². The van der Waals surface area contributed by atoms with Crippen LogP contribution in [0.5, 0.6) is 5.75 Å². The number of hydrogen-bond acceptors (Lipinski definition) is 6. The van der Waals surface area contributed by atoms with Crippen LogP contribution in [0.3, 0.4) is 0 Å². The first kappa shape index (κ1) is 25.0. The summed E-state index contributed by atoms with van der Waals surface area (Å²) in [7, 11) is 1.25. The highest BCUT2D eigenvalue weighted by molar-refractivity contribution is 5.96. The highest BCUT2D eigenvalue weighted by atomic mass is 19.2. The molecule has 0 aliphatic heterocycles. The summed E-state index contributed by atoms with van der Waals surface area (Å²) in [5.74, 6) is -3.38. The number of imidazole rings is 1. The van der Waals surface area contributed by atoms with E-state index in [1.165, 1.54) is 42.1 Å². The molecule has 0 aliphatic carbocycles. The molecule has 4 aromatic rings. The second-order valence-corrected chi connectivity index (χ2v) is 7.78. The van der Waals surface area contributed by atoms with Crippen LogP contribution in [-0.4, -0.2) is 47.1 Å². The number of halogens is 3. The predicted molar refractivity (Wildman–Crippen MR) is 128 cm³/mol. The van der Waals surface area contributed by atoms with Gasteiger partial charge >= 0.3 is 0 Å². The molecule has 0 bridgehead atoms. The number of carbonyl (C=O) groups excluding carboxylic acids is 1. The molecule has 0 saturated heterocycles. The molecular weight excluding hydrogens is 475 g/mol. The third-order valence-electron chi connectivity index (χ3n) is 5.48. The van der Waals surface area contributed by atoms with E-state index in [1.54, 1.807) is 19.2 Å². The average molecular weight is 499 g/mol. The lowest BCUT2D eigenvalue weighted by Gasteiger charge is -2.13. The lowest BCUT2D eigenvalue weighted by atomic mass is 10.1. The Kier molecular flexibility index (Phi) is 7.39. The van der Waals surface area contributed by atoms with Crippen LogP contribution >= 0.6 is 0 Å². The second kappa shape index (κ2) is 10.6. The number of carbonyl (C=O) groups is 1. The lowest BCUT2D eigenvalue weighted by Crippen LogP contribution is -2.28. The highest BCUT2D eigenvalue weighted by Crippen LogP contribution is 2.31. The molecule has 0 atom stereocenters. The van der Waals surface area contributed by atoms with Crippen molar-refractivity contribution in [2.45, 2.75) is 13.8 Å². The fourth-order valence-electron chi connectivity index (χ4n) is 3.80. The number of aromatic nitrogens is 3. The number of nitrogens with one attached hydrogen (secondary N) is 2. The number of anilines is 2. The number of benzene rings is 2. The van der Waals surface area contributed by atoms with Gasteiger partial charge in [0.25, 0.3) is 5.91 Å². The summed E-state index contributed by atoms with van der Waals surface area (Å²) in [6, 6.07) is 5.50. The topological polar surface area (TPSA) is 89.8 Å². The molecule has 2 aromatic carbocycles. The Hall–Kier alpha value is -4.12. The minimum Gasteiger partial charge on any atom is -0.494 e. The first-order valence-electron chi connectivity index (χ1n) is 11.1. The normalized spacial score (nSPS) is 11.1. The van der Waals surface area contributed by atoms with Gasteiger partial charge in [-0.25, -0.2) is 18.7 Å². The van der Waals surface area contributed by atoms with E-state index in [2.05, 4.69) is 20.6 Å². The summed E-state index contributed by atoms with van der Waals surface area (Å²) in [5.41, 5.74) is 1.26. The number of hydrogen-bond donors (Lipinski definition) is 2. The van der Waals surface area contributed by atoms with Crippen LogP contribution < -0.4 is 15.4 Å². The molecule has 8 nitrogen and oxygen atoms in total. The van der Waals surface area contributed by atoms with Crippen molar-refractivity contribution in [2.24, 2.45) is 0 Å². The zero-order valence-corrected chi connectivity index (χ0v) is 19.9. The third kappa shape index (κ3) is 4.82. The van der Waals surface area contributed by atoms with E-state index < -0.39 is 23.4 Å². The molecule has 188 valence electrons. The number of amides is 1. The van der Waals surface area contributed by atoms with Gasteiger partial charge in [0.05, 0.1) is 31.2 Å². The smallest absolute Gasteiger partial charge is 0.254 e. The van der Waals surface area contributed by atoms with Crippen molar-refractivity contribution < 1.29 is 27.4 Å². The molecule has 0 radical (unpaired) electrons. The number of fused-ring (bicyclic) bond motifs is 1. The Morgan fingerprint density at radius 2 is 1.94 bits per heavy atom. The molecule has 0 spiro atoms. The van der Waals surface area contributed by atoms with Crippen molar-refractivity contribution >= 4 is 23.1 Å². The Labute approximate surface area is 205 Å². The molecular formula is C25H24F3N5O3. The van der Waals surface area contributed by atoms with Crippen molar-refractivity contribution in [2.75, 3.05) is 32.2 Å². The van der Waals surface area contributed by atoms with Gasteiger partial charge in [-0.05, 0) is 43.7 Å². The van der Waals surface area contributed by atoms with Crippen LogP contribution in [0.25, 0.3) is 16.9 Å². The van der Waals surface area contributed by atoms with Crippen molar-refractivity contribution in [3.8, 4) is 17.0 Å². The van der Waals surface area contributed by atoms with Crippen molar-refractivity contribution in [3.63, 3.8) is 0 Å². The number of ether oxygens (including phenoxy) is 2. The van der Waals surface area contributed by atoms with E-state index in [4.69, 9.17) is 9.47 Å². The standard InChI is InChI=1S/C25H24F3N5O3/c1-4-36-10-8-30-25(34)20-14(2)11-15(12-17(20)26)32-23-24-31-13-18(33(24)9-7-29-23)16-5-6-19(35-3)22(28)21(16)27/h5-7,9,11-13H,4,8,10H2,1-3H3,(H,29,32)(H,30,34). The fourth-order valence-corrected chi connectivity index (χ4v) is 3.80. The van der Waals surface area contributed by atoms with Gasteiger partial charge in [-0.3, -0.25) is 9.20 Å². The molecule has 4 rings (SSSR count). The number of aryl methyl sites for hydroxylation is 1. The quantitative estimate of drug-likeness (QED) is 0.326. The van der Waals surface area contributed by atoms with E-state index >= 15 is 0 Å². The van der Waals surface area contributed by atoms with Gasteiger partial charge in [-0.1, -0.05) is 0 Å². The van der Waals surface area contributed by atoms with Gasteiger partial charge in [0.1, 0.15) is 5.82 Å². The lowest BCUT2D eigenvalue weighted by molar-refractivity contribution is 0.0918. The van der Waals surface area contributed by atoms with Crippen LogP contribution in [0, 0.1) is 24.4 Å². The minimum atomic E-state index is -1.11. The Balaban J connectivity index is 1.62. The maximum absolute atomic E-state index is 14.9. The monoisotopic (exact) mass is 499 g/mol. The van der Waals surface area contributed by atoms with E-state index in [1.807, 2.05) is 6.92 Å². The molecule has 1 amide bonds. The third-order valence-corrected chi connectivity index (χ3v) is 5.48. The summed E-state index contributed by atoms with van der Waals surface area (Å²) >= 11 is 0. The van der Waals surface area contributed by atoms with Gasteiger partial charge in [-0.2, -0.15) is 4.39 Å². The van der Waals surface area contributed by atoms with Crippen molar-refractivity contribution in [3.05, 3.63) is 71.4 Å². The highest BCUT2D eigenvalue weighted by Gasteiger charge is 2.20. The molecule has 36 heavy (non-hydrogen) atoms. The first-order chi connectivity index (χ1) is 17.3. The Bertz CT molecular complexity index is 1400. The molecule has 11 heteroatoms. The van der Waals surface area contributed by atoms with Crippen LogP contribution in [0.2, 0.25) is 0 Å². The first-order valence-corrected chi connectivity index (χ1v) is 11.1. The number of rotatable bonds is 9. The van der Waals surface area contributed by atoms with Gasteiger partial charge in [-0.15, -0.1) is 0 Å². The Morgan fingerprint density at radius 1 is 1.14 bits per heavy atom. The van der Waals surface area contributed by atoms with Crippen LogP contribution in [0.1, 0.15) is 22.8 Å². The van der Waals surface area contributed by atoms with E-state index in [9.17, 15) is 18.0 Å². The number of nitrogens with zero attached hydrogens (tertiary/aromatic N) is 3. The molecule has 2 heterocycles. The molecule has 2 N–H and O–H groups in total. The molecule has 0 aliphatic rings. The summed E-state index contributed by atoms with van der Waals surface area (Å²) in [4.78, 5) is 21.0. The summed E-state index contributed by atoms with van der Waals surface area (Å²) in [6.45, 7) is 4.58. The Morgan fingerprint density at radius 3 is 2.67 bits per heavy atom. The van der Waals surface area contributed by atoms with Crippen molar-refractivity contribution in [1.82, 2.24) is 19.7 Å². The zero-order chi connectivity index (χ0) is 25.8. The average Bonchev–Trinajstić information content (AvgIpc) is 3.28. The molecule has 0 unspecified atom stereocenters.